The van der Waals surface area contributed by atoms with Crippen LogP contribution in [0.3, 0.4) is 0 Å². The van der Waals surface area contributed by atoms with Gasteiger partial charge in [0.1, 0.15) is 33.2 Å². The zero-order valence-electron chi connectivity index (χ0n) is 21.2. The molecule has 8 nitrogen and oxygen atoms in total. The van der Waals surface area contributed by atoms with Crippen LogP contribution in [-0.2, 0) is 4.74 Å². The van der Waals surface area contributed by atoms with Crippen molar-refractivity contribution in [2.24, 2.45) is 0 Å². The topological polar surface area (TPSA) is 113 Å². The molecule has 0 atom stereocenters. The van der Waals surface area contributed by atoms with Gasteiger partial charge in [-0.1, -0.05) is 12.1 Å². The van der Waals surface area contributed by atoms with Crippen LogP contribution in [0.1, 0.15) is 37.5 Å². The Kier molecular flexibility index (Phi) is 8.70. The summed E-state index contributed by atoms with van der Waals surface area (Å²) in [7, 11) is 1.51. The van der Waals surface area contributed by atoms with Gasteiger partial charge in [-0.2, -0.15) is 5.26 Å². The molecule has 0 aliphatic rings. The molecule has 0 saturated carbocycles. The fourth-order valence-corrected chi connectivity index (χ4v) is 5.49. The van der Waals surface area contributed by atoms with Crippen molar-refractivity contribution >= 4 is 50.8 Å². The van der Waals surface area contributed by atoms with Crippen molar-refractivity contribution in [3.8, 4) is 23.1 Å². The smallest absolute Gasteiger partial charge is 0.341 e. The van der Waals surface area contributed by atoms with Gasteiger partial charge in [0.25, 0.3) is 5.91 Å². The number of allylic oxidation sites excluding steroid dienone is 1. The fourth-order valence-electron chi connectivity index (χ4n) is 3.64. The molecule has 0 bridgehead atoms. The summed E-state index contributed by atoms with van der Waals surface area (Å²) in [5, 5.41) is 18.2. The Labute approximate surface area is 232 Å². The molecule has 11 heteroatoms. The number of nitrogens with one attached hydrogen (secondary N) is 2. The van der Waals surface area contributed by atoms with Crippen molar-refractivity contribution in [3.63, 3.8) is 0 Å². The zero-order valence-corrected chi connectivity index (χ0v) is 22.8. The van der Waals surface area contributed by atoms with Gasteiger partial charge in [-0.25, -0.2) is 14.2 Å². The Bertz CT molecular complexity index is 1590. The monoisotopic (exact) mass is 562 g/mol. The van der Waals surface area contributed by atoms with Crippen LogP contribution in [0.15, 0.2) is 60.1 Å². The van der Waals surface area contributed by atoms with E-state index in [1.165, 1.54) is 36.8 Å². The molecule has 1 amide bonds. The maximum absolute atomic E-state index is 13.3. The lowest BCUT2D eigenvalue weighted by atomic mass is 10.1. The number of nitrogens with zero attached hydrogens (tertiary/aromatic N) is 2. The number of carbonyl (C=O) groups is 2. The molecule has 2 heterocycles. The number of carbonyl (C=O) groups excluding carboxylic acids is 2. The number of thiophene rings is 1. The Balaban J connectivity index is 1.64. The fraction of sp³-hybridized carbons (Fsp3) is 0.143. The first kappa shape index (κ1) is 27.5. The van der Waals surface area contributed by atoms with Crippen LogP contribution in [0.4, 0.5) is 15.1 Å². The number of thiazole rings is 1. The first-order valence-corrected chi connectivity index (χ1v) is 13.4. The normalized spacial score (nSPS) is 11.0. The van der Waals surface area contributed by atoms with Gasteiger partial charge in [0.15, 0.2) is 0 Å². The minimum absolute atomic E-state index is 0.154. The van der Waals surface area contributed by atoms with E-state index in [0.717, 1.165) is 11.3 Å². The van der Waals surface area contributed by atoms with E-state index in [9.17, 15) is 19.2 Å². The third-order valence-corrected chi connectivity index (χ3v) is 7.63. The predicted octanol–water partition coefficient (Wildman–Crippen LogP) is 6.73. The van der Waals surface area contributed by atoms with Gasteiger partial charge >= 0.3 is 5.97 Å². The highest BCUT2D eigenvalue weighted by atomic mass is 32.1. The maximum atomic E-state index is 13.3. The molecule has 198 valence electrons. The second-order valence-corrected chi connectivity index (χ2v) is 9.87. The molecule has 0 aliphatic heterocycles. The molecule has 0 unspecified atom stereocenters. The third kappa shape index (κ3) is 6.14. The maximum Gasteiger partial charge on any atom is 0.341 e. The lowest BCUT2D eigenvalue weighted by Crippen LogP contribution is -2.13. The van der Waals surface area contributed by atoms with Crippen molar-refractivity contribution in [1.82, 2.24) is 4.98 Å². The first-order valence-electron chi connectivity index (χ1n) is 11.7. The van der Waals surface area contributed by atoms with Gasteiger partial charge in [0.05, 0.1) is 35.5 Å². The van der Waals surface area contributed by atoms with E-state index in [4.69, 9.17) is 9.47 Å². The summed E-state index contributed by atoms with van der Waals surface area (Å²) < 4.78 is 23.8. The van der Waals surface area contributed by atoms with E-state index in [-0.39, 0.29) is 23.6 Å². The molecule has 0 aliphatic carbocycles. The largest absolute Gasteiger partial charge is 0.495 e. The summed E-state index contributed by atoms with van der Waals surface area (Å²) in [5.41, 5.74) is 2.66. The van der Waals surface area contributed by atoms with Crippen LogP contribution in [0.5, 0.6) is 5.75 Å². The van der Waals surface area contributed by atoms with E-state index in [0.29, 0.717) is 43.1 Å². The molecule has 2 N–H and O–H groups in total. The van der Waals surface area contributed by atoms with E-state index in [2.05, 4.69) is 21.7 Å². The summed E-state index contributed by atoms with van der Waals surface area (Å²) in [4.78, 5) is 30.8. The number of hydrogen-bond donors (Lipinski definition) is 2. The number of ether oxygens (including phenoxy) is 2. The second-order valence-electron chi connectivity index (χ2n) is 7.99. The van der Waals surface area contributed by atoms with Gasteiger partial charge in [-0.15, -0.1) is 22.7 Å². The van der Waals surface area contributed by atoms with Crippen molar-refractivity contribution in [3.05, 3.63) is 86.9 Å². The number of methoxy groups -OCH3 is 1. The van der Waals surface area contributed by atoms with Crippen LogP contribution >= 0.6 is 22.7 Å². The lowest BCUT2D eigenvalue weighted by Gasteiger charge is -2.09. The average molecular weight is 563 g/mol. The van der Waals surface area contributed by atoms with Crippen molar-refractivity contribution in [2.45, 2.75) is 13.8 Å². The van der Waals surface area contributed by atoms with Gasteiger partial charge in [-0.3, -0.25) is 4.79 Å². The standard InChI is InChI=1S/C28H23FN4O4S2/c1-4-37-28(35)23-16(2)24(25(34)32-20-7-5-6-8-22(20)36-3)39-27(23)31-14-18(13-30)26-33-21(15-38-26)17-9-11-19(29)12-10-17/h5-12,14-15,31H,4H2,1-3H3,(H,32,34). The van der Waals surface area contributed by atoms with Gasteiger partial charge in [-0.05, 0) is 55.8 Å². The molecule has 0 fully saturated rings. The molecule has 4 rings (SSSR count). The Morgan fingerprint density at radius 3 is 2.62 bits per heavy atom. The molecule has 0 radical (unpaired) electrons. The van der Waals surface area contributed by atoms with E-state index < -0.39 is 11.9 Å². The highest BCUT2D eigenvalue weighted by Gasteiger charge is 2.26. The number of anilines is 2. The van der Waals surface area contributed by atoms with E-state index in [1.807, 2.05) is 0 Å². The molecular weight excluding hydrogens is 539 g/mol. The Hall–Kier alpha value is -4.53. The minimum Gasteiger partial charge on any atom is -0.495 e. The molecule has 39 heavy (non-hydrogen) atoms. The number of para-hydroxylation sites is 2. The molecular formula is C28H23FN4O4S2. The van der Waals surface area contributed by atoms with Gasteiger partial charge in [0, 0.05) is 17.1 Å². The summed E-state index contributed by atoms with van der Waals surface area (Å²) in [5.74, 6) is -0.872. The number of amides is 1. The highest BCUT2D eigenvalue weighted by Crippen LogP contribution is 2.36. The molecule has 0 saturated heterocycles. The second kappa shape index (κ2) is 12.3. The highest BCUT2D eigenvalue weighted by molar-refractivity contribution is 7.18. The quantitative estimate of drug-likeness (QED) is 0.172. The Morgan fingerprint density at radius 2 is 1.92 bits per heavy atom. The van der Waals surface area contributed by atoms with Crippen molar-refractivity contribution < 1.29 is 23.5 Å². The van der Waals surface area contributed by atoms with Crippen LogP contribution in [-0.4, -0.2) is 30.6 Å². The summed E-state index contributed by atoms with van der Waals surface area (Å²) in [6.07, 6.45) is 1.43. The Morgan fingerprint density at radius 1 is 1.18 bits per heavy atom. The molecule has 2 aromatic carbocycles. The number of hydrogen-bond acceptors (Lipinski definition) is 9. The molecule has 0 spiro atoms. The van der Waals surface area contributed by atoms with Crippen LogP contribution in [0.2, 0.25) is 0 Å². The number of aromatic nitrogens is 1. The van der Waals surface area contributed by atoms with Crippen molar-refractivity contribution in [1.29, 1.82) is 5.26 Å². The van der Waals surface area contributed by atoms with Crippen LogP contribution in [0, 0.1) is 24.1 Å². The predicted molar refractivity (Wildman–Crippen MR) is 151 cm³/mol. The average Bonchev–Trinajstić information content (AvgIpc) is 3.55. The van der Waals surface area contributed by atoms with Crippen LogP contribution in [0.25, 0.3) is 16.8 Å². The number of benzene rings is 2. The molecule has 2 aromatic heterocycles. The SMILES string of the molecule is CCOC(=O)c1c(NC=C(C#N)c2nc(-c3ccc(F)cc3)cs2)sc(C(=O)Nc2ccccc2OC)c1C. The van der Waals surface area contributed by atoms with Crippen molar-refractivity contribution in [2.75, 3.05) is 24.4 Å². The van der Waals surface area contributed by atoms with Gasteiger partial charge in [0.2, 0.25) is 0 Å². The number of rotatable bonds is 9. The lowest BCUT2D eigenvalue weighted by molar-refractivity contribution is 0.0527. The number of nitriles is 1. The first-order chi connectivity index (χ1) is 18.9. The number of esters is 1. The summed E-state index contributed by atoms with van der Waals surface area (Å²) in [6.45, 7) is 3.51. The van der Waals surface area contributed by atoms with Gasteiger partial charge < -0.3 is 20.1 Å². The van der Waals surface area contributed by atoms with E-state index in [1.54, 1.807) is 55.6 Å². The molecule has 4 aromatic rings. The zero-order chi connectivity index (χ0) is 27.9. The minimum atomic E-state index is -0.593. The van der Waals surface area contributed by atoms with E-state index >= 15 is 0 Å². The summed E-state index contributed by atoms with van der Waals surface area (Å²) in [6, 6.07) is 15.0. The van der Waals surface area contributed by atoms with Crippen LogP contribution < -0.4 is 15.4 Å². The summed E-state index contributed by atoms with van der Waals surface area (Å²) >= 11 is 2.31. The third-order valence-electron chi connectivity index (χ3n) is 5.53. The number of halogens is 1.